The van der Waals surface area contributed by atoms with E-state index in [0.717, 1.165) is 18.5 Å². The van der Waals surface area contributed by atoms with Crippen LogP contribution in [0.1, 0.15) is 16.5 Å². The van der Waals surface area contributed by atoms with Crippen LogP contribution in [0, 0.1) is 0 Å². The summed E-state index contributed by atoms with van der Waals surface area (Å²) in [7, 11) is 1.67. The molecule has 1 amide bonds. The quantitative estimate of drug-likeness (QED) is 0.693. The molecule has 2 rings (SSSR count). The summed E-state index contributed by atoms with van der Waals surface area (Å²) < 4.78 is 0. The smallest absolute Gasteiger partial charge is 0.241 e. The lowest BCUT2D eigenvalue weighted by molar-refractivity contribution is -0.122. The van der Waals surface area contributed by atoms with Crippen molar-refractivity contribution < 1.29 is 4.79 Å². The van der Waals surface area contributed by atoms with Crippen LogP contribution in [0.3, 0.4) is 0 Å². The second-order valence-corrected chi connectivity index (χ2v) is 4.05. The Balaban J connectivity index is 2.30. The highest BCUT2D eigenvalue weighted by molar-refractivity contribution is 7.10. The van der Waals surface area contributed by atoms with E-state index in [9.17, 15) is 4.79 Å². The molecule has 2 N–H and O–H groups in total. The van der Waals surface area contributed by atoms with E-state index in [-0.39, 0.29) is 11.9 Å². The number of carbonyl (C=O) groups excluding carboxylic acids is 1. The third kappa shape index (κ3) is 1.47. The first-order valence-electron chi connectivity index (χ1n) is 4.34. The van der Waals surface area contributed by atoms with Gasteiger partial charge in [0.2, 0.25) is 5.91 Å². The molecule has 0 aliphatic carbocycles. The van der Waals surface area contributed by atoms with Crippen molar-refractivity contribution in [3.05, 3.63) is 21.9 Å². The van der Waals surface area contributed by atoms with Crippen molar-refractivity contribution in [3.8, 4) is 0 Å². The maximum Gasteiger partial charge on any atom is 0.241 e. The number of carbonyl (C=O) groups is 1. The second-order valence-electron chi connectivity index (χ2n) is 3.05. The normalized spacial score (nSPS) is 20.8. The summed E-state index contributed by atoms with van der Waals surface area (Å²) in [5, 5.41) is 7.92. The average Bonchev–Trinajstić information content (AvgIpc) is 2.63. The molecule has 1 aliphatic heterocycles. The molecule has 2 heterocycles. The van der Waals surface area contributed by atoms with Gasteiger partial charge in [-0.15, -0.1) is 11.3 Å². The molecule has 0 fully saturated rings. The zero-order valence-corrected chi connectivity index (χ0v) is 8.28. The molecular weight excluding hydrogens is 184 g/mol. The molecule has 0 saturated carbocycles. The Kier molecular flexibility index (Phi) is 2.33. The third-order valence-corrected chi connectivity index (χ3v) is 3.30. The first kappa shape index (κ1) is 8.72. The minimum atomic E-state index is -0.139. The van der Waals surface area contributed by atoms with E-state index in [2.05, 4.69) is 10.6 Å². The Labute approximate surface area is 81.2 Å². The minimum absolute atomic E-state index is 0.0550. The van der Waals surface area contributed by atoms with Crippen LogP contribution in [0.15, 0.2) is 11.4 Å². The van der Waals surface area contributed by atoms with Crippen LogP contribution < -0.4 is 10.6 Å². The molecule has 0 bridgehead atoms. The Morgan fingerprint density at radius 1 is 1.77 bits per heavy atom. The summed E-state index contributed by atoms with van der Waals surface area (Å²) in [6, 6.07) is 1.89. The summed E-state index contributed by atoms with van der Waals surface area (Å²) in [4.78, 5) is 12.8. The van der Waals surface area contributed by atoms with E-state index in [1.807, 2.05) is 11.4 Å². The van der Waals surface area contributed by atoms with Crippen molar-refractivity contribution in [1.82, 2.24) is 10.6 Å². The van der Waals surface area contributed by atoms with Gasteiger partial charge in [0.05, 0.1) is 0 Å². The number of rotatable bonds is 1. The van der Waals surface area contributed by atoms with Crippen molar-refractivity contribution in [2.45, 2.75) is 12.5 Å². The van der Waals surface area contributed by atoms with E-state index in [4.69, 9.17) is 0 Å². The highest BCUT2D eigenvalue weighted by atomic mass is 32.1. The Bertz CT molecular complexity index is 321. The van der Waals surface area contributed by atoms with E-state index in [0.29, 0.717) is 0 Å². The van der Waals surface area contributed by atoms with Gasteiger partial charge >= 0.3 is 0 Å². The van der Waals surface area contributed by atoms with Gasteiger partial charge in [0.25, 0.3) is 0 Å². The Hall–Kier alpha value is -0.870. The zero-order valence-electron chi connectivity index (χ0n) is 7.46. The van der Waals surface area contributed by atoms with Gasteiger partial charge in [-0.3, -0.25) is 4.79 Å². The molecule has 4 heteroatoms. The number of hydrogen-bond donors (Lipinski definition) is 2. The lowest BCUT2D eigenvalue weighted by atomic mass is 10.0. The van der Waals surface area contributed by atoms with Crippen LogP contribution in [0.5, 0.6) is 0 Å². The largest absolute Gasteiger partial charge is 0.358 e. The highest BCUT2D eigenvalue weighted by Gasteiger charge is 2.25. The van der Waals surface area contributed by atoms with E-state index in [1.165, 1.54) is 4.88 Å². The second kappa shape index (κ2) is 3.47. The van der Waals surface area contributed by atoms with Gasteiger partial charge in [-0.05, 0) is 23.4 Å². The molecule has 0 saturated heterocycles. The molecule has 13 heavy (non-hydrogen) atoms. The van der Waals surface area contributed by atoms with Crippen LogP contribution in [0.4, 0.5) is 0 Å². The minimum Gasteiger partial charge on any atom is -0.358 e. The number of likely N-dealkylation sites (N-methyl/N-ethyl adjacent to an activating group) is 1. The molecule has 0 spiro atoms. The van der Waals surface area contributed by atoms with Crippen LogP contribution >= 0.6 is 11.3 Å². The monoisotopic (exact) mass is 196 g/mol. The van der Waals surface area contributed by atoms with Crippen molar-refractivity contribution in [2.75, 3.05) is 13.6 Å². The van der Waals surface area contributed by atoms with E-state index < -0.39 is 0 Å². The molecule has 0 radical (unpaired) electrons. The van der Waals surface area contributed by atoms with Crippen molar-refractivity contribution in [2.24, 2.45) is 0 Å². The van der Waals surface area contributed by atoms with Gasteiger partial charge in [0, 0.05) is 18.5 Å². The number of nitrogens with one attached hydrogen (secondary N) is 2. The Morgan fingerprint density at radius 3 is 3.38 bits per heavy atom. The molecule has 1 atom stereocenters. The summed E-state index contributed by atoms with van der Waals surface area (Å²) in [6.07, 6.45) is 1.04. The predicted molar refractivity (Wildman–Crippen MR) is 52.8 cm³/mol. The van der Waals surface area contributed by atoms with Crippen molar-refractivity contribution >= 4 is 17.2 Å². The van der Waals surface area contributed by atoms with Gasteiger partial charge in [-0.2, -0.15) is 0 Å². The molecule has 70 valence electrons. The van der Waals surface area contributed by atoms with Crippen molar-refractivity contribution in [3.63, 3.8) is 0 Å². The van der Waals surface area contributed by atoms with Crippen molar-refractivity contribution in [1.29, 1.82) is 0 Å². The van der Waals surface area contributed by atoms with Crippen LogP contribution in [0.25, 0.3) is 0 Å². The van der Waals surface area contributed by atoms with Gasteiger partial charge in [-0.25, -0.2) is 0 Å². The van der Waals surface area contributed by atoms with Gasteiger partial charge < -0.3 is 10.6 Å². The highest BCUT2D eigenvalue weighted by Crippen LogP contribution is 2.27. The molecule has 0 unspecified atom stereocenters. The first-order chi connectivity index (χ1) is 6.33. The molecule has 0 aromatic carbocycles. The summed E-state index contributed by atoms with van der Waals surface area (Å²) >= 11 is 1.74. The van der Waals surface area contributed by atoms with Gasteiger partial charge in [0.15, 0.2) is 0 Å². The SMILES string of the molecule is CNC(=O)[C@H]1NCCc2sccc21. The number of thiophene rings is 1. The Morgan fingerprint density at radius 2 is 2.62 bits per heavy atom. The molecule has 1 aliphatic rings. The summed E-state index contributed by atoms with van der Waals surface area (Å²) in [6.45, 7) is 0.894. The standard InChI is InChI=1S/C9H12N2OS/c1-10-9(12)8-6-3-5-13-7(6)2-4-11-8/h3,5,8,11H,2,4H2,1H3,(H,10,12)/t8-/m0/s1. The fourth-order valence-corrected chi connectivity index (χ4v) is 2.55. The fraction of sp³-hybridized carbons (Fsp3) is 0.444. The summed E-state index contributed by atoms with van der Waals surface area (Å²) in [5.74, 6) is 0.0550. The lowest BCUT2D eigenvalue weighted by Crippen LogP contribution is -2.39. The third-order valence-electron chi connectivity index (χ3n) is 2.30. The van der Waals surface area contributed by atoms with Crippen LogP contribution in [-0.4, -0.2) is 19.5 Å². The maximum absolute atomic E-state index is 11.5. The summed E-state index contributed by atoms with van der Waals surface area (Å²) in [5.41, 5.74) is 1.15. The number of amides is 1. The lowest BCUT2D eigenvalue weighted by Gasteiger charge is -2.22. The fourth-order valence-electron chi connectivity index (χ4n) is 1.63. The molecule has 3 nitrogen and oxygen atoms in total. The van der Waals surface area contributed by atoms with E-state index >= 15 is 0 Å². The van der Waals surface area contributed by atoms with Gasteiger partial charge in [-0.1, -0.05) is 0 Å². The molecule has 1 aromatic rings. The number of hydrogen-bond acceptors (Lipinski definition) is 3. The molecule has 1 aromatic heterocycles. The molecular formula is C9H12N2OS. The average molecular weight is 196 g/mol. The first-order valence-corrected chi connectivity index (χ1v) is 5.22. The van der Waals surface area contributed by atoms with Crippen LogP contribution in [0.2, 0.25) is 0 Å². The maximum atomic E-state index is 11.5. The van der Waals surface area contributed by atoms with E-state index in [1.54, 1.807) is 18.4 Å². The topological polar surface area (TPSA) is 41.1 Å². The van der Waals surface area contributed by atoms with Gasteiger partial charge in [0.1, 0.15) is 6.04 Å². The predicted octanol–water partition coefficient (Wildman–Crippen LogP) is 0.681. The zero-order chi connectivity index (χ0) is 9.26. The van der Waals surface area contributed by atoms with Crippen LogP contribution in [-0.2, 0) is 11.2 Å². The number of fused-ring (bicyclic) bond motifs is 1.